The van der Waals surface area contributed by atoms with Gasteiger partial charge >= 0.3 is 0 Å². The van der Waals surface area contributed by atoms with Crippen molar-refractivity contribution in [1.82, 2.24) is 5.32 Å². The van der Waals surface area contributed by atoms with Gasteiger partial charge in [-0.15, -0.1) is 0 Å². The minimum Gasteiger partial charge on any atom is -0.456 e. The summed E-state index contributed by atoms with van der Waals surface area (Å²) in [5.74, 6) is 0. The van der Waals surface area contributed by atoms with E-state index in [2.05, 4.69) is 170 Å². The van der Waals surface area contributed by atoms with E-state index in [9.17, 15) is 0 Å². The zero-order chi connectivity index (χ0) is 32.7. The van der Waals surface area contributed by atoms with Gasteiger partial charge in [-0.2, -0.15) is 0 Å². The number of furan rings is 1. The number of hydrogen-bond acceptors (Lipinski definition) is 3. The number of fused-ring (bicyclic) bond motifs is 9. The van der Waals surface area contributed by atoms with Gasteiger partial charge in [0, 0.05) is 45.6 Å². The number of dihydropyridines is 1. The highest BCUT2D eigenvalue weighted by Crippen LogP contribution is 2.52. The summed E-state index contributed by atoms with van der Waals surface area (Å²) in [5, 5.41) is 10.5. The third-order valence-electron chi connectivity index (χ3n) is 10.7. The molecule has 3 nitrogen and oxygen atoms in total. The molecule has 8 aromatic rings. The molecule has 3 heteroatoms. The van der Waals surface area contributed by atoms with Crippen LogP contribution < -0.4 is 10.2 Å². The Labute approximate surface area is 285 Å². The molecule has 0 saturated heterocycles. The Morgan fingerprint density at radius 1 is 0.592 bits per heavy atom. The molecule has 49 heavy (non-hydrogen) atoms. The molecule has 234 valence electrons. The van der Waals surface area contributed by atoms with Crippen LogP contribution in [0.4, 0.5) is 17.1 Å². The molecule has 10 rings (SSSR count). The van der Waals surface area contributed by atoms with Crippen molar-refractivity contribution in [3.05, 3.63) is 169 Å². The molecule has 2 heterocycles. The van der Waals surface area contributed by atoms with Crippen LogP contribution in [0.1, 0.15) is 30.5 Å². The number of nitrogens with zero attached hydrogens (tertiary/aromatic N) is 1. The zero-order valence-electron chi connectivity index (χ0n) is 27.5. The Kier molecular flexibility index (Phi) is 5.98. The van der Waals surface area contributed by atoms with Crippen molar-refractivity contribution in [2.45, 2.75) is 19.3 Å². The lowest BCUT2D eigenvalue weighted by Gasteiger charge is -2.29. The second-order valence-electron chi connectivity index (χ2n) is 13.8. The summed E-state index contributed by atoms with van der Waals surface area (Å²) >= 11 is 0. The zero-order valence-corrected chi connectivity index (χ0v) is 27.5. The van der Waals surface area contributed by atoms with Crippen LogP contribution in [-0.2, 0) is 5.41 Å². The quantitative estimate of drug-likeness (QED) is 0.210. The molecule has 0 spiro atoms. The van der Waals surface area contributed by atoms with E-state index in [4.69, 9.17) is 4.42 Å². The lowest BCUT2D eigenvalue weighted by molar-refractivity contribution is 0.660. The molecular weight excluding hydrogens is 597 g/mol. The maximum Gasteiger partial charge on any atom is 0.138 e. The largest absolute Gasteiger partial charge is 0.456 e. The fourth-order valence-electron chi connectivity index (χ4n) is 8.33. The fourth-order valence-corrected chi connectivity index (χ4v) is 8.33. The van der Waals surface area contributed by atoms with Crippen molar-refractivity contribution in [2.75, 3.05) is 11.4 Å². The van der Waals surface area contributed by atoms with Crippen molar-refractivity contribution < 1.29 is 4.42 Å². The first kappa shape index (κ1) is 28.0. The van der Waals surface area contributed by atoms with Gasteiger partial charge in [0.25, 0.3) is 0 Å². The van der Waals surface area contributed by atoms with Gasteiger partial charge in [-0.1, -0.05) is 117 Å². The van der Waals surface area contributed by atoms with Crippen LogP contribution in [-0.4, -0.2) is 6.54 Å². The summed E-state index contributed by atoms with van der Waals surface area (Å²) in [4.78, 5) is 2.43. The van der Waals surface area contributed by atoms with E-state index < -0.39 is 0 Å². The van der Waals surface area contributed by atoms with Gasteiger partial charge in [0.1, 0.15) is 11.2 Å². The highest BCUT2D eigenvalue weighted by atomic mass is 16.3. The average Bonchev–Trinajstić information content (AvgIpc) is 3.64. The number of anilines is 3. The van der Waals surface area contributed by atoms with Gasteiger partial charge in [-0.25, -0.2) is 0 Å². The van der Waals surface area contributed by atoms with Crippen molar-refractivity contribution >= 4 is 66.1 Å². The van der Waals surface area contributed by atoms with Crippen molar-refractivity contribution in [3.63, 3.8) is 0 Å². The SMILES string of the molecule is CC1(C)c2ccccc2-c2ccc(N(c3ccc4ccccc4c3)c3cc4oc5cccc(C6=CC=CNC6)c5c4c4ccccc34)cc21. The standard InChI is InChI=1S/C46H34N2O/c1-46(2)39-18-8-7-14-35(39)36-23-22-33(26-40(36)46)48(32-21-20-29-11-3-4-12-30(29)25-32)41-27-43-45(38-16-6-5-15-37(38)41)44-34(17-9-19-42(44)49-43)31-13-10-24-47-28-31/h3-27,47H,28H2,1-2H3. The van der Waals surface area contributed by atoms with E-state index >= 15 is 0 Å². The number of hydrogen-bond donors (Lipinski definition) is 1. The summed E-state index contributed by atoms with van der Waals surface area (Å²) < 4.78 is 6.78. The number of benzene rings is 7. The molecule has 0 bridgehead atoms. The van der Waals surface area contributed by atoms with Crippen LogP contribution in [0.2, 0.25) is 0 Å². The lowest BCUT2D eigenvalue weighted by Crippen LogP contribution is -2.16. The third kappa shape index (κ3) is 4.15. The molecule has 1 aromatic heterocycles. The maximum atomic E-state index is 6.78. The molecular formula is C46H34N2O. The van der Waals surface area contributed by atoms with E-state index in [1.165, 1.54) is 54.9 Å². The van der Waals surface area contributed by atoms with Crippen molar-refractivity contribution in [1.29, 1.82) is 0 Å². The number of nitrogens with one attached hydrogen (secondary N) is 1. The minimum absolute atomic E-state index is 0.115. The molecule has 0 fully saturated rings. The fraction of sp³-hybridized carbons (Fsp3) is 0.0870. The minimum atomic E-state index is -0.115. The van der Waals surface area contributed by atoms with E-state index in [0.29, 0.717) is 0 Å². The van der Waals surface area contributed by atoms with Gasteiger partial charge in [0.15, 0.2) is 0 Å². The Bertz CT molecular complexity index is 2710. The van der Waals surface area contributed by atoms with Crippen LogP contribution in [0, 0.1) is 0 Å². The van der Waals surface area contributed by atoms with Crippen LogP contribution in [0.15, 0.2) is 156 Å². The first-order valence-corrected chi connectivity index (χ1v) is 17.1. The highest BCUT2D eigenvalue weighted by Gasteiger charge is 2.36. The topological polar surface area (TPSA) is 28.4 Å². The monoisotopic (exact) mass is 630 g/mol. The summed E-state index contributed by atoms with van der Waals surface area (Å²) in [7, 11) is 0. The average molecular weight is 631 g/mol. The van der Waals surface area contributed by atoms with E-state index in [0.717, 1.165) is 45.5 Å². The molecule has 1 aliphatic carbocycles. The third-order valence-corrected chi connectivity index (χ3v) is 10.7. The number of rotatable bonds is 4. The second-order valence-corrected chi connectivity index (χ2v) is 13.8. The van der Waals surface area contributed by atoms with Gasteiger partial charge < -0.3 is 14.6 Å². The maximum absolute atomic E-state index is 6.78. The van der Waals surface area contributed by atoms with Crippen LogP contribution in [0.5, 0.6) is 0 Å². The summed E-state index contributed by atoms with van der Waals surface area (Å²) in [6.45, 7) is 5.48. The van der Waals surface area contributed by atoms with Crippen molar-refractivity contribution in [3.8, 4) is 11.1 Å². The summed E-state index contributed by atoms with van der Waals surface area (Å²) in [6.07, 6.45) is 6.28. The van der Waals surface area contributed by atoms with Gasteiger partial charge in [0.05, 0.1) is 5.69 Å². The molecule has 1 N–H and O–H groups in total. The highest BCUT2D eigenvalue weighted by molar-refractivity contribution is 6.24. The number of allylic oxidation sites excluding steroid dienone is 2. The first-order valence-electron chi connectivity index (χ1n) is 17.1. The molecule has 0 radical (unpaired) electrons. The summed E-state index contributed by atoms with van der Waals surface area (Å²) in [6, 6.07) is 48.8. The molecule has 7 aromatic carbocycles. The van der Waals surface area contributed by atoms with Gasteiger partial charge in [-0.05, 0) is 92.2 Å². The normalized spacial score (nSPS) is 14.6. The van der Waals surface area contributed by atoms with E-state index in [-0.39, 0.29) is 5.41 Å². The van der Waals surface area contributed by atoms with Crippen LogP contribution >= 0.6 is 0 Å². The predicted octanol–water partition coefficient (Wildman–Crippen LogP) is 12.2. The molecule has 1 aliphatic heterocycles. The van der Waals surface area contributed by atoms with Crippen LogP contribution in [0.3, 0.4) is 0 Å². The molecule has 2 aliphatic rings. The Morgan fingerprint density at radius 2 is 1.33 bits per heavy atom. The molecule has 0 atom stereocenters. The first-order chi connectivity index (χ1) is 24.1. The summed E-state index contributed by atoms with van der Waals surface area (Å²) in [5.41, 5.74) is 12.8. The lowest BCUT2D eigenvalue weighted by atomic mass is 9.82. The van der Waals surface area contributed by atoms with Crippen molar-refractivity contribution in [2.24, 2.45) is 0 Å². The van der Waals surface area contributed by atoms with E-state index in [1.807, 2.05) is 6.20 Å². The Balaban J connectivity index is 1.27. The predicted molar refractivity (Wildman–Crippen MR) is 206 cm³/mol. The van der Waals surface area contributed by atoms with E-state index in [1.54, 1.807) is 0 Å². The molecule has 0 unspecified atom stereocenters. The van der Waals surface area contributed by atoms with Crippen LogP contribution in [0.25, 0.3) is 60.2 Å². The second kappa shape index (κ2) is 10.5. The van der Waals surface area contributed by atoms with Gasteiger partial charge in [0.2, 0.25) is 0 Å². The molecule has 0 saturated carbocycles. The molecule has 0 amide bonds. The smallest absolute Gasteiger partial charge is 0.138 e. The Hall–Kier alpha value is -6.06. The van der Waals surface area contributed by atoms with Gasteiger partial charge in [-0.3, -0.25) is 0 Å². The Morgan fingerprint density at radius 3 is 2.20 bits per heavy atom.